The van der Waals surface area contributed by atoms with E-state index in [2.05, 4.69) is 6.92 Å². The van der Waals surface area contributed by atoms with Crippen molar-refractivity contribution in [2.75, 3.05) is 13.2 Å². The molecule has 1 saturated heterocycles. The first-order chi connectivity index (χ1) is 7.55. The summed E-state index contributed by atoms with van der Waals surface area (Å²) in [7, 11) is 0. The Bertz CT molecular complexity index is 275. The molecule has 2 aliphatic rings. The molecule has 1 aliphatic carbocycles. The average Bonchev–Trinajstić information content (AvgIpc) is 2.65. The second-order valence-corrected chi connectivity index (χ2v) is 5.86. The lowest BCUT2D eigenvalue weighted by Gasteiger charge is -2.41. The lowest BCUT2D eigenvalue weighted by Crippen LogP contribution is -2.51. The maximum Gasteiger partial charge on any atom is 0.258 e. The zero-order valence-corrected chi connectivity index (χ0v) is 10.9. The van der Waals surface area contributed by atoms with E-state index in [9.17, 15) is 4.79 Å². The molecule has 2 rings (SSSR count). The molecule has 1 heterocycles. The van der Waals surface area contributed by atoms with E-state index in [-0.39, 0.29) is 5.91 Å². The predicted molar refractivity (Wildman–Crippen MR) is 63.5 cm³/mol. The van der Waals surface area contributed by atoms with Gasteiger partial charge < -0.3 is 9.64 Å². The van der Waals surface area contributed by atoms with Crippen molar-refractivity contribution in [1.82, 2.24) is 4.90 Å². The van der Waals surface area contributed by atoms with Gasteiger partial charge in [-0.1, -0.05) is 30.1 Å². The first kappa shape index (κ1) is 12.5. The molecule has 0 unspecified atom stereocenters. The first-order valence-corrected chi connectivity index (χ1v) is 6.66. The Morgan fingerprint density at radius 1 is 1.44 bits per heavy atom. The molecule has 1 spiro atoms. The van der Waals surface area contributed by atoms with Gasteiger partial charge in [0.15, 0.2) is 4.84 Å². The van der Waals surface area contributed by atoms with Gasteiger partial charge in [0.1, 0.15) is 5.72 Å². The first-order valence-electron chi connectivity index (χ1n) is 5.79. The molecule has 0 radical (unpaired) electrons. The molecule has 0 bridgehead atoms. The van der Waals surface area contributed by atoms with Crippen molar-refractivity contribution in [2.24, 2.45) is 5.92 Å². The highest BCUT2D eigenvalue weighted by atomic mass is 35.5. The second kappa shape index (κ2) is 4.71. The molecule has 16 heavy (non-hydrogen) atoms. The molecule has 5 heteroatoms. The number of amides is 1. The van der Waals surface area contributed by atoms with Crippen LogP contribution in [0, 0.1) is 5.92 Å². The highest BCUT2D eigenvalue weighted by Crippen LogP contribution is 2.40. The number of hydrogen-bond acceptors (Lipinski definition) is 2. The molecule has 92 valence electrons. The van der Waals surface area contributed by atoms with Crippen LogP contribution in [0.2, 0.25) is 0 Å². The van der Waals surface area contributed by atoms with Crippen LogP contribution in [-0.2, 0) is 9.53 Å². The van der Waals surface area contributed by atoms with Crippen molar-refractivity contribution in [1.29, 1.82) is 0 Å². The number of rotatable bonds is 1. The van der Waals surface area contributed by atoms with E-state index in [1.165, 1.54) is 0 Å². The van der Waals surface area contributed by atoms with Crippen LogP contribution in [-0.4, -0.2) is 34.5 Å². The number of hydrogen-bond donors (Lipinski definition) is 0. The smallest absolute Gasteiger partial charge is 0.258 e. The predicted octanol–water partition coefficient (Wildman–Crippen LogP) is 2.56. The summed E-state index contributed by atoms with van der Waals surface area (Å²) in [6.07, 6.45) is 4.00. The highest BCUT2D eigenvalue weighted by molar-refractivity contribution is 6.53. The Hall–Kier alpha value is 0.01000. The van der Waals surface area contributed by atoms with Crippen molar-refractivity contribution >= 4 is 29.1 Å². The summed E-state index contributed by atoms with van der Waals surface area (Å²) >= 11 is 11.3. The Balaban J connectivity index is 2.11. The van der Waals surface area contributed by atoms with Crippen LogP contribution in [0.25, 0.3) is 0 Å². The van der Waals surface area contributed by atoms with E-state index in [0.29, 0.717) is 13.2 Å². The largest absolute Gasteiger partial charge is 0.354 e. The van der Waals surface area contributed by atoms with Gasteiger partial charge in [-0.3, -0.25) is 4.79 Å². The average molecular weight is 266 g/mol. The minimum absolute atomic E-state index is 0.213. The SMILES string of the molecule is CC1CCC2(CC1)OCCN2C(=O)C(Cl)Cl. The van der Waals surface area contributed by atoms with Gasteiger partial charge in [0.2, 0.25) is 0 Å². The minimum atomic E-state index is -0.974. The van der Waals surface area contributed by atoms with E-state index in [1.807, 2.05) is 0 Å². The third-order valence-electron chi connectivity index (χ3n) is 3.69. The zero-order chi connectivity index (χ0) is 11.8. The van der Waals surface area contributed by atoms with Crippen LogP contribution in [0.3, 0.4) is 0 Å². The van der Waals surface area contributed by atoms with Crippen molar-refractivity contribution in [2.45, 2.75) is 43.2 Å². The van der Waals surface area contributed by atoms with Crippen LogP contribution in [0.4, 0.5) is 0 Å². The summed E-state index contributed by atoms with van der Waals surface area (Å²) in [6.45, 7) is 3.45. The molecule has 0 N–H and O–H groups in total. The molecule has 1 amide bonds. The maximum atomic E-state index is 11.9. The van der Waals surface area contributed by atoms with Crippen LogP contribution >= 0.6 is 23.2 Å². The van der Waals surface area contributed by atoms with Gasteiger partial charge in [-0.15, -0.1) is 0 Å². The number of nitrogens with zero attached hydrogens (tertiary/aromatic N) is 1. The third kappa shape index (κ3) is 2.18. The second-order valence-electron chi connectivity index (χ2n) is 4.77. The van der Waals surface area contributed by atoms with Crippen LogP contribution < -0.4 is 0 Å². The van der Waals surface area contributed by atoms with Crippen molar-refractivity contribution in [3.05, 3.63) is 0 Å². The van der Waals surface area contributed by atoms with Gasteiger partial charge in [0.25, 0.3) is 5.91 Å². The monoisotopic (exact) mass is 265 g/mol. The molecular formula is C11H17Cl2NO2. The fourth-order valence-corrected chi connectivity index (χ4v) is 2.90. The fourth-order valence-electron chi connectivity index (χ4n) is 2.66. The third-order valence-corrected chi connectivity index (χ3v) is 4.06. The lowest BCUT2D eigenvalue weighted by atomic mass is 9.84. The van der Waals surface area contributed by atoms with Crippen molar-refractivity contribution in [3.8, 4) is 0 Å². The summed E-state index contributed by atoms with van der Waals surface area (Å²) in [5.74, 6) is 0.505. The van der Waals surface area contributed by atoms with Crippen LogP contribution in [0.5, 0.6) is 0 Å². The molecular weight excluding hydrogens is 249 g/mol. The van der Waals surface area contributed by atoms with Gasteiger partial charge in [0.05, 0.1) is 6.61 Å². The van der Waals surface area contributed by atoms with Crippen molar-refractivity contribution in [3.63, 3.8) is 0 Å². The van der Waals surface area contributed by atoms with Crippen molar-refractivity contribution < 1.29 is 9.53 Å². The van der Waals surface area contributed by atoms with E-state index in [0.717, 1.165) is 31.6 Å². The molecule has 1 aliphatic heterocycles. The highest BCUT2D eigenvalue weighted by Gasteiger charge is 2.47. The molecule has 0 aromatic heterocycles. The number of alkyl halides is 2. The lowest BCUT2D eigenvalue weighted by molar-refractivity contribution is -0.155. The standard InChI is InChI=1S/C11H17Cl2NO2/c1-8-2-4-11(5-3-8)14(6-7-16-11)10(15)9(12)13/h8-9H,2-7H2,1H3. The molecule has 2 fully saturated rings. The normalized spacial score (nSPS) is 35.0. The van der Waals surface area contributed by atoms with E-state index in [4.69, 9.17) is 27.9 Å². The zero-order valence-electron chi connectivity index (χ0n) is 9.42. The molecule has 0 aromatic carbocycles. The summed E-state index contributed by atoms with van der Waals surface area (Å²) in [6, 6.07) is 0. The molecule has 0 atom stereocenters. The molecule has 1 saturated carbocycles. The minimum Gasteiger partial charge on any atom is -0.354 e. The Morgan fingerprint density at radius 3 is 2.62 bits per heavy atom. The number of carbonyl (C=O) groups is 1. The Labute approximate surface area is 106 Å². The van der Waals surface area contributed by atoms with Gasteiger partial charge in [-0.25, -0.2) is 0 Å². The summed E-state index contributed by atoms with van der Waals surface area (Å²) in [4.78, 5) is 12.6. The summed E-state index contributed by atoms with van der Waals surface area (Å²) < 4.78 is 5.80. The number of carbonyl (C=O) groups excluding carboxylic acids is 1. The van der Waals surface area contributed by atoms with Gasteiger partial charge >= 0.3 is 0 Å². The quantitative estimate of drug-likeness (QED) is 0.683. The summed E-state index contributed by atoms with van der Waals surface area (Å²) in [5.41, 5.74) is -0.411. The fraction of sp³-hybridized carbons (Fsp3) is 0.909. The van der Waals surface area contributed by atoms with Gasteiger partial charge in [0, 0.05) is 6.54 Å². The van der Waals surface area contributed by atoms with Gasteiger partial charge in [-0.2, -0.15) is 0 Å². The van der Waals surface area contributed by atoms with Crippen LogP contribution in [0.1, 0.15) is 32.6 Å². The van der Waals surface area contributed by atoms with E-state index < -0.39 is 10.6 Å². The Morgan fingerprint density at radius 2 is 2.06 bits per heavy atom. The van der Waals surface area contributed by atoms with Gasteiger partial charge in [-0.05, 0) is 31.6 Å². The molecule has 3 nitrogen and oxygen atoms in total. The number of ether oxygens (including phenoxy) is 1. The topological polar surface area (TPSA) is 29.5 Å². The maximum absolute atomic E-state index is 11.9. The summed E-state index contributed by atoms with van der Waals surface area (Å²) in [5, 5.41) is 0. The molecule has 0 aromatic rings. The Kier molecular flexibility index (Phi) is 3.67. The number of halogens is 2. The van der Waals surface area contributed by atoms with E-state index >= 15 is 0 Å². The van der Waals surface area contributed by atoms with E-state index in [1.54, 1.807) is 4.90 Å². The van der Waals surface area contributed by atoms with Crippen LogP contribution in [0.15, 0.2) is 0 Å².